The topological polar surface area (TPSA) is 118 Å². The lowest BCUT2D eigenvalue weighted by Gasteiger charge is -2.12. The molecule has 0 bridgehead atoms. The Labute approximate surface area is 221 Å². The number of amides is 1. The molecule has 1 aromatic heterocycles. The van der Waals surface area contributed by atoms with Gasteiger partial charge in [0.05, 0.1) is 26.6 Å². The van der Waals surface area contributed by atoms with Crippen LogP contribution in [-0.2, 0) is 4.79 Å². The molecule has 0 aliphatic heterocycles. The molecule has 37 heavy (non-hydrogen) atoms. The lowest BCUT2D eigenvalue weighted by Crippen LogP contribution is -2.13. The van der Waals surface area contributed by atoms with E-state index in [9.17, 15) is 19.7 Å². The van der Waals surface area contributed by atoms with Crippen molar-refractivity contribution in [1.82, 2.24) is 4.98 Å². The first-order valence-electron chi connectivity index (χ1n) is 11.1. The molecule has 0 saturated carbocycles. The molecule has 0 aliphatic rings. The molecule has 0 aliphatic carbocycles. The maximum Gasteiger partial charge on any atom is 0.293 e. The number of anilines is 2. The number of rotatable bonds is 9. The summed E-state index contributed by atoms with van der Waals surface area (Å²) in [6.45, 7) is 1.50. The SMILES string of the molecule is CC(=O)c1ccc(NC(=O)CSc2nc3ccc(N=Cc4ccc(N(C)C)c([N+](=O)[O-])c4)cc3s2)cc1. The highest BCUT2D eigenvalue weighted by Crippen LogP contribution is 2.32. The van der Waals surface area contributed by atoms with Gasteiger partial charge in [-0.1, -0.05) is 17.8 Å². The summed E-state index contributed by atoms with van der Waals surface area (Å²) in [4.78, 5) is 45.5. The first-order chi connectivity index (χ1) is 17.7. The van der Waals surface area contributed by atoms with Crippen LogP contribution in [0.3, 0.4) is 0 Å². The minimum absolute atomic E-state index is 0.0191. The maximum absolute atomic E-state index is 12.3. The second-order valence-corrected chi connectivity index (χ2v) is 10.5. The number of carbonyl (C=O) groups excluding carboxylic acids is 2. The Morgan fingerprint density at radius 2 is 1.89 bits per heavy atom. The molecule has 1 N–H and O–H groups in total. The molecule has 11 heteroatoms. The molecular formula is C26H23N5O4S2. The molecule has 0 atom stereocenters. The zero-order valence-electron chi connectivity index (χ0n) is 20.3. The number of nitro benzene ring substituents is 1. The fourth-order valence-electron chi connectivity index (χ4n) is 3.44. The van der Waals surface area contributed by atoms with Crippen molar-refractivity contribution < 1.29 is 14.5 Å². The highest BCUT2D eigenvalue weighted by Gasteiger charge is 2.15. The van der Waals surface area contributed by atoms with E-state index in [1.807, 2.05) is 18.2 Å². The van der Waals surface area contributed by atoms with Gasteiger partial charge in [0.15, 0.2) is 10.1 Å². The van der Waals surface area contributed by atoms with Gasteiger partial charge in [0.2, 0.25) is 5.91 Å². The first kappa shape index (κ1) is 26.0. The van der Waals surface area contributed by atoms with Crippen LogP contribution in [-0.4, -0.2) is 47.7 Å². The summed E-state index contributed by atoms with van der Waals surface area (Å²) >= 11 is 2.80. The number of benzene rings is 3. The lowest BCUT2D eigenvalue weighted by molar-refractivity contribution is -0.384. The van der Waals surface area contributed by atoms with Crippen LogP contribution in [0.25, 0.3) is 10.2 Å². The van der Waals surface area contributed by atoms with Crippen LogP contribution in [0.2, 0.25) is 0 Å². The molecule has 0 saturated heterocycles. The van der Waals surface area contributed by atoms with Gasteiger partial charge in [0, 0.05) is 37.6 Å². The zero-order valence-corrected chi connectivity index (χ0v) is 21.9. The zero-order chi connectivity index (χ0) is 26.5. The normalized spacial score (nSPS) is 11.1. The summed E-state index contributed by atoms with van der Waals surface area (Å²) in [5.74, 6) is 0.00124. The van der Waals surface area contributed by atoms with Crippen LogP contribution in [0.4, 0.5) is 22.7 Å². The van der Waals surface area contributed by atoms with Gasteiger partial charge in [-0.15, -0.1) is 11.3 Å². The predicted molar refractivity (Wildman–Crippen MR) is 150 cm³/mol. The van der Waals surface area contributed by atoms with E-state index in [0.717, 1.165) is 14.6 Å². The summed E-state index contributed by atoms with van der Waals surface area (Å²) in [5.41, 5.74) is 3.89. The second kappa shape index (κ2) is 11.3. The quantitative estimate of drug-likeness (QED) is 0.0928. The van der Waals surface area contributed by atoms with Gasteiger partial charge in [-0.3, -0.25) is 24.7 Å². The van der Waals surface area contributed by atoms with Crippen LogP contribution in [0, 0.1) is 10.1 Å². The van der Waals surface area contributed by atoms with Crippen molar-refractivity contribution in [3.05, 3.63) is 81.9 Å². The monoisotopic (exact) mass is 533 g/mol. The minimum atomic E-state index is -0.403. The second-order valence-electron chi connectivity index (χ2n) is 8.26. The number of hydrogen-bond donors (Lipinski definition) is 1. The van der Waals surface area contributed by atoms with Gasteiger partial charge >= 0.3 is 0 Å². The van der Waals surface area contributed by atoms with Crippen LogP contribution in [0.15, 0.2) is 70.0 Å². The highest BCUT2D eigenvalue weighted by atomic mass is 32.2. The van der Waals surface area contributed by atoms with Crippen LogP contribution < -0.4 is 10.2 Å². The van der Waals surface area contributed by atoms with E-state index in [1.54, 1.807) is 61.6 Å². The number of ketones is 1. The number of aromatic nitrogens is 1. The number of aliphatic imine (C=N–C) groups is 1. The average Bonchev–Trinajstić information content (AvgIpc) is 3.28. The molecule has 0 unspecified atom stereocenters. The van der Waals surface area contributed by atoms with Gasteiger partial charge in [0.25, 0.3) is 5.69 Å². The molecule has 4 aromatic rings. The number of thiazole rings is 1. The Hall–Kier alpha value is -4.09. The average molecular weight is 534 g/mol. The Balaban J connectivity index is 1.40. The van der Waals surface area contributed by atoms with Gasteiger partial charge < -0.3 is 10.2 Å². The minimum Gasteiger partial charge on any atom is -0.372 e. The van der Waals surface area contributed by atoms with Gasteiger partial charge in [-0.05, 0) is 61.0 Å². The van der Waals surface area contributed by atoms with Crippen molar-refractivity contribution in [3.8, 4) is 0 Å². The highest BCUT2D eigenvalue weighted by molar-refractivity contribution is 8.01. The van der Waals surface area contributed by atoms with Crippen molar-refractivity contribution in [2.24, 2.45) is 4.99 Å². The first-order valence-corrected chi connectivity index (χ1v) is 12.9. The number of nitrogens with zero attached hydrogens (tertiary/aromatic N) is 4. The molecule has 1 amide bonds. The third-order valence-electron chi connectivity index (χ3n) is 5.29. The Bertz CT molecular complexity index is 1510. The van der Waals surface area contributed by atoms with E-state index in [-0.39, 0.29) is 23.1 Å². The number of carbonyl (C=O) groups is 2. The van der Waals surface area contributed by atoms with Crippen LogP contribution >= 0.6 is 23.1 Å². The summed E-state index contributed by atoms with van der Waals surface area (Å²) in [7, 11) is 3.52. The van der Waals surface area contributed by atoms with E-state index in [0.29, 0.717) is 28.2 Å². The van der Waals surface area contributed by atoms with Gasteiger partial charge in [0.1, 0.15) is 5.69 Å². The molecule has 3 aromatic carbocycles. The number of nitrogens with one attached hydrogen (secondary N) is 1. The number of thioether (sulfide) groups is 1. The summed E-state index contributed by atoms with van der Waals surface area (Å²) in [6, 6.07) is 17.3. The predicted octanol–water partition coefficient (Wildman–Crippen LogP) is 5.95. The van der Waals surface area contributed by atoms with Crippen LogP contribution in [0.1, 0.15) is 22.8 Å². The number of hydrogen-bond acceptors (Lipinski definition) is 9. The Kier molecular flexibility index (Phi) is 7.95. The fourth-order valence-corrected chi connectivity index (χ4v) is 5.34. The smallest absolute Gasteiger partial charge is 0.293 e. The molecule has 0 fully saturated rings. The lowest BCUT2D eigenvalue weighted by atomic mass is 10.1. The fraction of sp³-hybridized carbons (Fsp3) is 0.154. The summed E-state index contributed by atoms with van der Waals surface area (Å²) < 4.78 is 1.68. The Morgan fingerprint density at radius 3 is 2.57 bits per heavy atom. The molecule has 9 nitrogen and oxygen atoms in total. The molecule has 0 spiro atoms. The third-order valence-corrected chi connectivity index (χ3v) is 7.46. The van der Waals surface area contributed by atoms with E-state index < -0.39 is 4.92 Å². The van der Waals surface area contributed by atoms with Crippen molar-refractivity contribution in [1.29, 1.82) is 0 Å². The van der Waals surface area contributed by atoms with Crippen molar-refractivity contribution in [3.63, 3.8) is 0 Å². The van der Waals surface area contributed by atoms with Crippen LogP contribution in [0.5, 0.6) is 0 Å². The maximum atomic E-state index is 12.3. The van der Waals surface area contributed by atoms with Crippen molar-refractivity contribution in [2.45, 2.75) is 11.3 Å². The molecule has 0 radical (unpaired) electrons. The number of Topliss-reactive ketones (excluding diaryl/α,β-unsaturated/α-hetero) is 1. The van der Waals surface area contributed by atoms with E-state index in [2.05, 4.69) is 15.3 Å². The number of fused-ring (bicyclic) bond motifs is 1. The Morgan fingerprint density at radius 1 is 1.14 bits per heavy atom. The van der Waals surface area contributed by atoms with E-state index in [1.165, 1.54) is 36.1 Å². The largest absolute Gasteiger partial charge is 0.372 e. The van der Waals surface area contributed by atoms with E-state index >= 15 is 0 Å². The summed E-state index contributed by atoms with van der Waals surface area (Å²) in [5, 5.41) is 14.2. The summed E-state index contributed by atoms with van der Waals surface area (Å²) in [6.07, 6.45) is 1.59. The molecular weight excluding hydrogens is 510 g/mol. The number of nitro groups is 1. The standard InChI is InChI=1S/C26H23N5O4S2/c1-16(32)18-5-7-19(8-6-18)28-25(33)15-36-26-29-21-10-9-20(13-24(21)37-26)27-14-17-4-11-22(30(2)3)23(12-17)31(34)35/h4-14H,15H2,1-3H3,(H,28,33). The molecule has 188 valence electrons. The third kappa shape index (κ3) is 6.57. The van der Waals surface area contributed by atoms with Crippen molar-refractivity contribution in [2.75, 3.05) is 30.1 Å². The van der Waals surface area contributed by atoms with E-state index in [4.69, 9.17) is 0 Å². The molecule has 4 rings (SSSR count). The van der Waals surface area contributed by atoms with Gasteiger partial charge in [-0.25, -0.2) is 4.98 Å². The van der Waals surface area contributed by atoms with Crippen molar-refractivity contribution >= 4 is 74.0 Å². The molecule has 1 heterocycles. The van der Waals surface area contributed by atoms with Gasteiger partial charge in [-0.2, -0.15) is 0 Å².